The average Bonchev–Trinajstić information content (AvgIpc) is 2.35. The maximum Gasteiger partial charge on any atom is 0.162 e. The highest BCUT2D eigenvalue weighted by Crippen LogP contribution is 2.12. The summed E-state index contributed by atoms with van der Waals surface area (Å²) in [6, 6.07) is 7.71. The molecular weight excluding hydrogens is 218 g/mol. The van der Waals surface area contributed by atoms with E-state index in [0.29, 0.717) is 11.7 Å². The van der Waals surface area contributed by atoms with Gasteiger partial charge in [-0.1, -0.05) is 13.8 Å². The van der Waals surface area contributed by atoms with Crippen LogP contribution in [0.4, 0.5) is 5.69 Å². The van der Waals surface area contributed by atoms with Crippen molar-refractivity contribution in [1.29, 1.82) is 0 Å². The predicted molar refractivity (Wildman–Crippen MR) is 72.5 cm³/mol. The molecule has 0 radical (unpaired) electrons. The maximum absolute atomic E-state index is 11.4. The number of hydrogen-bond acceptors (Lipinski definition) is 3. The first kappa shape index (κ1) is 13.1. The Bertz CT molecular complexity index is 334. The van der Waals surface area contributed by atoms with Crippen LogP contribution in [0.3, 0.4) is 0 Å². The number of anilines is 1. The molecule has 0 amide bonds. The molecule has 0 aliphatic heterocycles. The zero-order valence-electron chi connectivity index (χ0n) is 10.1. The van der Waals surface area contributed by atoms with Crippen LogP contribution in [0, 0.1) is 0 Å². The Morgan fingerprint density at radius 2 is 2.00 bits per heavy atom. The lowest BCUT2D eigenvalue weighted by atomic mass is 10.1. The Morgan fingerprint density at radius 1 is 1.38 bits per heavy atom. The third-order valence-electron chi connectivity index (χ3n) is 2.52. The number of hydrogen-bond donors (Lipinski definition) is 1. The van der Waals surface area contributed by atoms with Gasteiger partial charge < -0.3 is 5.32 Å². The predicted octanol–water partition coefficient (Wildman–Crippen LogP) is 3.44. The third kappa shape index (κ3) is 3.89. The molecule has 0 spiro atoms. The van der Waals surface area contributed by atoms with Crippen LogP contribution in [0.2, 0.25) is 0 Å². The van der Waals surface area contributed by atoms with Gasteiger partial charge in [0, 0.05) is 29.5 Å². The van der Waals surface area contributed by atoms with Crippen LogP contribution in [0.25, 0.3) is 0 Å². The molecule has 16 heavy (non-hydrogen) atoms. The fraction of sp³-hybridized carbons (Fsp3) is 0.462. The van der Waals surface area contributed by atoms with Gasteiger partial charge in [-0.2, -0.15) is 11.8 Å². The highest BCUT2D eigenvalue weighted by molar-refractivity contribution is 7.99. The van der Waals surface area contributed by atoms with Crippen LogP contribution in [-0.4, -0.2) is 23.8 Å². The summed E-state index contributed by atoms with van der Waals surface area (Å²) < 4.78 is 0. The van der Waals surface area contributed by atoms with Crippen LogP contribution >= 0.6 is 11.8 Å². The lowest BCUT2D eigenvalue weighted by molar-refractivity contribution is 0.0988. The van der Waals surface area contributed by atoms with Gasteiger partial charge in [0.25, 0.3) is 0 Å². The van der Waals surface area contributed by atoms with E-state index in [4.69, 9.17) is 0 Å². The van der Waals surface area contributed by atoms with Crippen molar-refractivity contribution >= 4 is 23.2 Å². The molecular formula is C13H19NOS. The molecule has 2 nitrogen and oxygen atoms in total. The third-order valence-corrected chi connectivity index (χ3v) is 3.50. The molecule has 0 heterocycles. The van der Waals surface area contributed by atoms with Crippen molar-refractivity contribution in [3.63, 3.8) is 0 Å². The number of rotatable bonds is 6. The summed E-state index contributed by atoms with van der Waals surface area (Å²) >= 11 is 1.84. The first-order valence-electron chi connectivity index (χ1n) is 5.57. The minimum Gasteiger partial charge on any atom is -0.384 e. The number of carbonyl (C=O) groups excluding carboxylic acids is 1. The van der Waals surface area contributed by atoms with Crippen LogP contribution in [-0.2, 0) is 0 Å². The van der Waals surface area contributed by atoms with Gasteiger partial charge in [-0.3, -0.25) is 4.79 Å². The van der Waals surface area contributed by atoms with Crippen molar-refractivity contribution in [1.82, 2.24) is 0 Å². The van der Waals surface area contributed by atoms with Crippen molar-refractivity contribution in [2.24, 2.45) is 0 Å². The molecule has 0 aliphatic rings. The quantitative estimate of drug-likeness (QED) is 0.768. The van der Waals surface area contributed by atoms with Gasteiger partial charge in [-0.15, -0.1) is 0 Å². The molecule has 0 fully saturated rings. The molecule has 0 bridgehead atoms. The number of carbonyl (C=O) groups is 1. The second-order valence-corrected chi connectivity index (χ2v) is 5.06. The molecule has 1 unspecified atom stereocenters. The van der Waals surface area contributed by atoms with E-state index in [1.807, 2.05) is 43.0 Å². The van der Waals surface area contributed by atoms with Crippen molar-refractivity contribution in [2.75, 3.05) is 18.1 Å². The summed E-state index contributed by atoms with van der Waals surface area (Å²) in [5, 5.41) is 3.94. The molecule has 1 N–H and O–H groups in total. The number of Topliss-reactive ketones (excluding diaryl/α,β-unsaturated/α-hetero) is 1. The van der Waals surface area contributed by atoms with Crippen molar-refractivity contribution in [3.05, 3.63) is 29.8 Å². The maximum atomic E-state index is 11.4. The highest BCUT2D eigenvalue weighted by Gasteiger charge is 2.03. The summed E-state index contributed by atoms with van der Waals surface area (Å²) in [5.41, 5.74) is 1.87. The van der Waals surface area contributed by atoms with Crippen molar-refractivity contribution < 1.29 is 4.79 Å². The van der Waals surface area contributed by atoms with E-state index >= 15 is 0 Å². The first-order chi connectivity index (χ1) is 7.67. The zero-order chi connectivity index (χ0) is 12.0. The summed E-state index contributed by atoms with van der Waals surface area (Å²) in [7, 11) is 0. The van der Waals surface area contributed by atoms with Gasteiger partial charge in [0.05, 0.1) is 0 Å². The van der Waals surface area contributed by atoms with Gasteiger partial charge in [-0.25, -0.2) is 0 Å². The second-order valence-electron chi connectivity index (χ2n) is 3.78. The van der Waals surface area contributed by atoms with Crippen molar-refractivity contribution in [3.8, 4) is 0 Å². The Balaban J connectivity index is 2.54. The molecule has 3 heteroatoms. The first-order valence-corrected chi connectivity index (χ1v) is 6.86. The van der Waals surface area contributed by atoms with E-state index in [2.05, 4.69) is 18.5 Å². The highest BCUT2D eigenvalue weighted by atomic mass is 32.2. The SMILES string of the molecule is CCC(=O)c1ccc(NCC(C)SC)cc1. The van der Waals surface area contributed by atoms with E-state index in [1.165, 1.54) is 0 Å². The molecule has 1 aromatic rings. The molecule has 0 aliphatic carbocycles. The molecule has 88 valence electrons. The van der Waals surface area contributed by atoms with Gasteiger partial charge in [-0.05, 0) is 30.5 Å². The van der Waals surface area contributed by atoms with E-state index in [0.717, 1.165) is 17.8 Å². The zero-order valence-corrected chi connectivity index (χ0v) is 10.9. The molecule has 0 aromatic heterocycles. The summed E-state index contributed by atoms with van der Waals surface area (Å²) in [6.45, 7) is 5.02. The molecule has 1 aromatic carbocycles. The second kappa shape index (κ2) is 6.59. The number of benzene rings is 1. The fourth-order valence-corrected chi connectivity index (χ4v) is 1.57. The van der Waals surface area contributed by atoms with Gasteiger partial charge >= 0.3 is 0 Å². The lowest BCUT2D eigenvalue weighted by Crippen LogP contribution is -2.12. The summed E-state index contributed by atoms with van der Waals surface area (Å²) in [4.78, 5) is 11.4. The van der Waals surface area contributed by atoms with Crippen LogP contribution < -0.4 is 5.32 Å². The fourth-order valence-electron chi connectivity index (χ4n) is 1.32. The minimum absolute atomic E-state index is 0.198. The average molecular weight is 237 g/mol. The van der Waals surface area contributed by atoms with Gasteiger partial charge in [0.1, 0.15) is 0 Å². The number of ketones is 1. The molecule has 1 rings (SSSR count). The standard InChI is InChI=1S/C13H19NOS/c1-4-13(15)11-5-7-12(8-6-11)14-9-10(2)16-3/h5-8,10,14H,4,9H2,1-3H3. The van der Waals surface area contributed by atoms with Crippen molar-refractivity contribution in [2.45, 2.75) is 25.5 Å². The summed E-state index contributed by atoms with van der Waals surface area (Å²) in [5.74, 6) is 0.198. The van der Waals surface area contributed by atoms with Crippen LogP contribution in [0.1, 0.15) is 30.6 Å². The Morgan fingerprint density at radius 3 is 2.50 bits per heavy atom. The Hall–Kier alpha value is -0.960. The van der Waals surface area contributed by atoms with E-state index < -0.39 is 0 Å². The normalized spacial score (nSPS) is 12.2. The van der Waals surface area contributed by atoms with Gasteiger partial charge in [0.15, 0.2) is 5.78 Å². The lowest BCUT2D eigenvalue weighted by Gasteiger charge is -2.11. The van der Waals surface area contributed by atoms with Crippen LogP contribution in [0.15, 0.2) is 24.3 Å². The molecule has 0 saturated carbocycles. The monoisotopic (exact) mass is 237 g/mol. The van der Waals surface area contributed by atoms with E-state index in [9.17, 15) is 4.79 Å². The van der Waals surface area contributed by atoms with E-state index in [1.54, 1.807) is 0 Å². The smallest absolute Gasteiger partial charge is 0.162 e. The largest absolute Gasteiger partial charge is 0.384 e. The van der Waals surface area contributed by atoms with Gasteiger partial charge in [0.2, 0.25) is 0 Å². The molecule has 0 saturated heterocycles. The summed E-state index contributed by atoms with van der Waals surface area (Å²) in [6.07, 6.45) is 2.67. The molecule has 1 atom stereocenters. The Labute approximate surface area is 102 Å². The van der Waals surface area contributed by atoms with E-state index in [-0.39, 0.29) is 5.78 Å². The number of nitrogens with one attached hydrogen (secondary N) is 1. The number of thioether (sulfide) groups is 1. The topological polar surface area (TPSA) is 29.1 Å². The van der Waals surface area contributed by atoms with Crippen LogP contribution in [0.5, 0.6) is 0 Å². The Kier molecular flexibility index (Phi) is 5.39. The minimum atomic E-state index is 0.198.